The third kappa shape index (κ3) is 9.28. The second-order valence-corrected chi connectivity index (χ2v) is 9.84. The number of rotatable bonds is 15. The van der Waals surface area contributed by atoms with Crippen LogP contribution in [0.3, 0.4) is 0 Å². The van der Waals surface area contributed by atoms with Crippen LogP contribution >= 0.6 is 0 Å². The summed E-state index contributed by atoms with van der Waals surface area (Å²) in [6.45, 7) is 25.5. The van der Waals surface area contributed by atoms with Crippen LogP contribution in [0.1, 0.15) is 115 Å². The molecule has 0 aliphatic rings. The minimum Gasteiger partial charge on any atom is -0.304 e. The van der Waals surface area contributed by atoms with Crippen molar-refractivity contribution in [1.29, 1.82) is 0 Å². The van der Waals surface area contributed by atoms with Gasteiger partial charge in [-0.2, -0.15) is 0 Å². The van der Waals surface area contributed by atoms with E-state index in [1.807, 2.05) is 0 Å². The fourth-order valence-electron chi connectivity index (χ4n) is 4.35. The molecule has 0 aromatic rings. The number of hydrogen-bond acceptors (Lipinski definition) is 3. The molecular weight excluding hydrogens is 330 g/mol. The second-order valence-electron chi connectivity index (χ2n) is 9.84. The van der Waals surface area contributed by atoms with Crippen molar-refractivity contribution < 1.29 is 0 Å². The van der Waals surface area contributed by atoms with E-state index in [0.717, 1.165) is 12.8 Å². The van der Waals surface area contributed by atoms with Crippen LogP contribution in [0.25, 0.3) is 0 Å². The van der Waals surface area contributed by atoms with E-state index in [1.165, 1.54) is 31.7 Å². The molecule has 3 heteroatoms. The molecule has 0 bridgehead atoms. The average Bonchev–Trinajstić information content (AvgIpc) is 2.56. The van der Waals surface area contributed by atoms with Crippen molar-refractivity contribution in [2.75, 3.05) is 0 Å². The van der Waals surface area contributed by atoms with Crippen molar-refractivity contribution in [2.45, 2.75) is 138 Å². The molecule has 163 valence electrons. The Kier molecular flexibility index (Phi) is 12.4. The summed E-state index contributed by atoms with van der Waals surface area (Å²) < 4.78 is 0. The predicted molar refractivity (Wildman–Crippen MR) is 123 cm³/mol. The summed E-state index contributed by atoms with van der Waals surface area (Å²) in [6.07, 6.45) is 6.83. The largest absolute Gasteiger partial charge is 0.304 e. The summed E-state index contributed by atoms with van der Waals surface area (Å²) >= 11 is 0. The molecule has 0 aliphatic heterocycles. The van der Waals surface area contributed by atoms with E-state index >= 15 is 0 Å². The Morgan fingerprint density at radius 3 is 1.93 bits per heavy atom. The molecule has 0 fully saturated rings. The maximum Gasteiger partial charge on any atom is 0.0897 e. The lowest BCUT2D eigenvalue weighted by Gasteiger charge is -2.49. The van der Waals surface area contributed by atoms with Gasteiger partial charge in [-0.15, -0.1) is 0 Å². The van der Waals surface area contributed by atoms with Gasteiger partial charge in [0, 0.05) is 17.6 Å². The van der Waals surface area contributed by atoms with Crippen LogP contribution in [0.4, 0.5) is 0 Å². The van der Waals surface area contributed by atoms with E-state index < -0.39 is 0 Å². The van der Waals surface area contributed by atoms with Gasteiger partial charge in [-0.05, 0) is 65.2 Å². The van der Waals surface area contributed by atoms with E-state index in [0.29, 0.717) is 23.9 Å². The minimum atomic E-state index is -0.177. The topological polar surface area (TPSA) is 36.1 Å². The highest BCUT2D eigenvalue weighted by Gasteiger charge is 2.42. The summed E-state index contributed by atoms with van der Waals surface area (Å²) in [6, 6.07) is 2.36. The van der Waals surface area contributed by atoms with Crippen LogP contribution in [-0.4, -0.2) is 23.3 Å². The van der Waals surface area contributed by atoms with Crippen LogP contribution in [0.15, 0.2) is 0 Å². The molecule has 0 saturated carbocycles. The highest BCUT2D eigenvalue weighted by molar-refractivity contribution is 5.13. The lowest BCUT2D eigenvalue weighted by Crippen LogP contribution is -2.70. The van der Waals surface area contributed by atoms with Crippen LogP contribution in [0, 0.1) is 17.9 Å². The van der Waals surface area contributed by atoms with Gasteiger partial charge < -0.3 is 5.32 Å². The van der Waals surface area contributed by atoms with Gasteiger partial charge in [0.1, 0.15) is 0 Å². The first-order chi connectivity index (χ1) is 12.5. The second kappa shape index (κ2) is 12.4. The zero-order valence-corrected chi connectivity index (χ0v) is 20.6. The van der Waals surface area contributed by atoms with Gasteiger partial charge in [0.2, 0.25) is 0 Å². The van der Waals surface area contributed by atoms with Gasteiger partial charge in [0.15, 0.2) is 0 Å². The molecule has 3 N–H and O–H groups in total. The molecule has 4 unspecified atom stereocenters. The van der Waals surface area contributed by atoms with E-state index in [9.17, 15) is 0 Å². The number of hydrogen-bond donors (Lipinski definition) is 3. The van der Waals surface area contributed by atoms with Crippen LogP contribution < -0.4 is 16.0 Å². The Morgan fingerprint density at radius 2 is 1.52 bits per heavy atom. The van der Waals surface area contributed by atoms with Crippen LogP contribution in [-0.2, 0) is 0 Å². The summed E-state index contributed by atoms with van der Waals surface area (Å²) in [4.78, 5) is 0. The molecule has 0 aromatic carbocycles. The first kappa shape index (κ1) is 26.9. The van der Waals surface area contributed by atoms with E-state index in [1.54, 1.807) is 0 Å². The van der Waals surface area contributed by atoms with Gasteiger partial charge >= 0.3 is 0 Å². The highest BCUT2D eigenvalue weighted by atomic mass is 15.3. The Morgan fingerprint density at radius 1 is 0.926 bits per heavy atom. The van der Waals surface area contributed by atoms with Gasteiger partial charge in [0.25, 0.3) is 0 Å². The van der Waals surface area contributed by atoms with Crippen LogP contribution in [0.2, 0.25) is 0 Å². The monoisotopic (exact) mass is 382 g/mol. The SMILES string of the molecule is CCCC(C)(C)NC(CC)(NC(C)CC(C)C)[C](CC)NC(C)C(C)CC. The van der Waals surface area contributed by atoms with Crippen molar-refractivity contribution >= 4 is 0 Å². The van der Waals surface area contributed by atoms with E-state index in [2.05, 4.69) is 92.1 Å². The zero-order chi connectivity index (χ0) is 21.3. The molecule has 27 heavy (non-hydrogen) atoms. The normalized spacial score (nSPS) is 18.6. The Balaban J connectivity index is 5.72. The third-order valence-electron chi connectivity index (χ3n) is 6.04. The molecule has 0 amide bonds. The Hall–Kier alpha value is -0.120. The molecule has 1 radical (unpaired) electrons. The molecular formula is C24H52N3. The fourth-order valence-corrected chi connectivity index (χ4v) is 4.35. The molecule has 3 nitrogen and oxygen atoms in total. The smallest absolute Gasteiger partial charge is 0.0897 e. The Bertz CT molecular complexity index is 380. The first-order valence-corrected chi connectivity index (χ1v) is 11.7. The molecule has 0 saturated heterocycles. The van der Waals surface area contributed by atoms with Gasteiger partial charge in [-0.25, -0.2) is 0 Å². The van der Waals surface area contributed by atoms with Gasteiger partial charge in [0.05, 0.1) is 11.7 Å². The van der Waals surface area contributed by atoms with E-state index in [4.69, 9.17) is 0 Å². The first-order valence-electron chi connectivity index (χ1n) is 11.7. The molecule has 0 rings (SSSR count). The molecule has 0 spiro atoms. The molecule has 0 aromatic heterocycles. The van der Waals surface area contributed by atoms with Gasteiger partial charge in [-0.1, -0.05) is 61.3 Å². The highest BCUT2D eigenvalue weighted by Crippen LogP contribution is 2.29. The average molecular weight is 383 g/mol. The summed E-state index contributed by atoms with van der Waals surface area (Å²) in [5, 5.41) is 12.0. The zero-order valence-electron chi connectivity index (χ0n) is 20.6. The van der Waals surface area contributed by atoms with Crippen molar-refractivity contribution in [3.63, 3.8) is 0 Å². The maximum absolute atomic E-state index is 4.06. The lowest BCUT2D eigenvalue weighted by molar-refractivity contribution is 0.138. The maximum atomic E-state index is 4.06. The standard InChI is InChI=1S/C24H52N3/c1-12-16-23(10,11)27-24(15-4,26-20(8)17-18(5)6)22(14-3)25-21(9)19(7)13-2/h18-21,25-27H,12-17H2,1-11H3. The van der Waals surface area contributed by atoms with Crippen molar-refractivity contribution in [2.24, 2.45) is 11.8 Å². The number of nitrogens with one attached hydrogen (secondary N) is 3. The molecule has 0 aliphatic carbocycles. The minimum absolute atomic E-state index is 0.0943. The Labute approximate surface area is 172 Å². The van der Waals surface area contributed by atoms with Crippen molar-refractivity contribution in [3.8, 4) is 0 Å². The van der Waals surface area contributed by atoms with Crippen molar-refractivity contribution in [3.05, 3.63) is 6.04 Å². The van der Waals surface area contributed by atoms with E-state index in [-0.39, 0.29) is 11.2 Å². The summed E-state index contributed by atoms with van der Waals surface area (Å²) in [7, 11) is 0. The molecule has 0 heterocycles. The summed E-state index contributed by atoms with van der Waals surface area (Å²) in [5.74, 6) is 1.36. The predicted octanol–water partition coefficient (Wildman–Crippen LogP) is 6.25. The lowest BCUT2D eigenvalue weighted by atomic mass is 9.86. The van der Waals surface area contributed by atoms with Crippen LogP contribution in [0.5, 0.6) is 0 Å². The molecule has 4 atom stereocenters. The van der Waals surface area contributed by atoms with Crippen molar-refractivity contribution in [1.82, 2.24) is 16.0 Å². The quantitative estimate of drug-likeness (QED) is 0.293. The fraction of sp³-hybridized carbons (Fsp3) is 0.958. The van der Waals surface area contributed by atoms with Gasteiger partial charge in [-0.3, -0.25) is 10.6 Å². The summed E-state index contributed by atoms with van der Waals surface area (Å²) in [5.41, 5.74) is -0.0829. The third-order valence-corrected chi connectivity index (χ3v) is 6.04.